The quantitative estimate of drug-likeness (QED) is 0.365. The number of carbonyl (C=O) groups excluding carboxylic acids is 1. The van der Waals surface area contributed by atoms with E-state index in [0.717, 1.165) is 18.5 Å². The van der Waals surface area contributed by atoms with Crippen molar-refractivity contribution in [3.8, 4) is 17.1 Å². The zero-order chi connectivity index (χ0) is 25.8. The molecule has 0 saturated heterocycles. The first-order chi connectivity index (χ1) is 16.4. The van der Waals surface area contributed by atoms with Gasteiger partial charge in [-0.05, 0) is 45.0 Å². The number of alkyl halides is 3. The van der Waals surface area contributed by atoms with E-state index in [1.807, 2.05) is 20.8 Å². The number of halogens is 3. The Kier molecular flexibility index (Phi) is 7.28. The van der Waals surface area contributed by atoms with Crippen molar-refractivity contribution in [3.05, 3.63) is 59.9 Å². The highest BCUT2D eigenvalue weighted by atomic mass is 19.4. The molecule has 0 atom stereocenters. The van der Waals surface area contributed by atoms with Crippen molar-refractivity contribution in [1.82, 2.24) is 15.3 Å². The summed E-state index contributed by atoms with van der Waals surface area (Å²) < 4.78 is 46.7. The Balaban J connectivity index is 2.06. The lowest BCUT2D eigenvalue weighted by Gasteiger charge is -2.20. The minimum Gasteiger partial charge on any atom is -0.484 e. The van der Waals surface area contributed by atoms with E-state index in [4.69, 9.17) is 15.9 Å². The zero-order valence-corrected chi connectivity index (χ0v) is 19.3. The van der Waals surface area contributed by atoms with Crippen molar-refractivity contribution >= 4 is 28.8 Å². The van der Waals surface area contributed by atoms with Crippen LogP contribution >= 0.6 is 0 Å². The van der Waals surface area contributed by atoms with Gasteiger partial charge in [0.15, 0.2) is 12.4 Å². The van der Waals surface area contributed by atoms with Crippen LogP contribution in [-0.2, 0) is 11.0 Å². The summed E-state index contributed by atoms with van der Waals surface area (Å²) in [5.41, 5.74) is 4.33. The second-order valence-electron chi connectivity index (χ2n) is 8.60. The molecule has 1 aromatic heterocycles. The van der Waals surface area contributed by atoms with Gasteiger partial charge < -0.3 is 26.5 Å². The lowest BCUT2D eigenvalue weighted by Crippen LogP contribution is -2.43. The minimum atomic E-state index is -4.65. The van der Waals surface area contributed by atoms with E-state index in [1.165, 1.54) is 18.2 Å². The van der Waals surface area contributed by atoms with Gasteiger partial charge in [-0.1, -0.05) is 18.2 Å². The fourth-order valence-electron chi connectivity index (χ4n) is 3.20. The number of amides is 1. The van der Waals surface area contributed by atoms with Crippen LogP contribution in [0.25, 0.3) is 22.3 Å². The average molecular weight is 486 g/mol. The van der Waals surface area contributed by atoms with Gasteiger partial charge >= 0.3 is 6.18 Å². The number of benzene rings is 2. The Bertz CT molecular complexity index is 1280. The predicted octanol–water partition coefficient (Wildman–Crippen LogP) is 4.47. The topological polar surface area (TPSA) is 126 Å². The number of hydrogen-bond acceptors (Lipinski definition) is 7. The molecule has 1 amide bonds. The monoisotopic (exact) mass is 486 g/mol. The van der Waals surface area contributed by atoms with Crippen LogP contribution in [0, 0.1) is 5.41 Å². The molecule has 1 heterocycles. The standard InChI is InChI=1S/C24H25F3N6O2/c1-23(2,3)33-19(34)13-35-16-7-4-6-14(10-16)21-31-20-17(8-5-9-18(20)24(25,26)27)22(32-21)30-15(11-28)12-29/h4-12,28H,13,29H2,1-3H3,(H,33,34)(H,30,31,32)/b15-12+,28-11?. The number of nitrogens with one attached hydrogen (secondary N) is 3. The van der Waals surface area contributed by atoms with Gasteiger partial charge in [0.05, 0.1) is 16.8 Å². The molecule has 35 heavy (non-hydrogen) atoms. The second-order valence-corrected chi connectivity index (χ2v) is 8.60. The van der Waals surface area contributed by atoms with Gasteiger partial charge in [0.25, 0.3) is 5.91 Å². The van der Waals surface area contributed by atoms with Crippen LogP contribution in [0.2, 0.25) is 0 Å². The van der Waals surface area contributed by atoms with Crippen molar-refractivity contribution in [3.63, 3.8) is 0 Å². The van der Waals surface area contributed by atoms with E-state index in [0.29, 0.717) is 11.3 Å². The highest BCUT2D eigenvalue weighted by molar-refractivity contribution is 5.95. The molecule has 3 rings (SSSR count). The van der Waals surface area contributed by atoms with Gasteiger partial charge in [-0.3, -0.25) is 4.79 Å². The summed E-state index contributed by atoms with van der Waals surface area (Å²) in [5.74, 6) is 0.0321. The maximum atomic E-state index is 13.7. The number of allylic oxidation sites excluding steroid dienone is 1. The molecule has 0 aliphatic rings. The molecule has 5 N–H and O–H groups in total. The molecule has 0 fully saturated rings. The SMILES string of the molecule is CC(C)(C)NC(=O)COc1cccc(-c2nc(N/C(C=N)=C/N)c3cccc(C(F)(F)F)c3n2)c1. The number of rotatable bonds is 7. The van der Waals surface area contributed by atoms with Crippen molar-refractivity contribution < 1.29 is 22.7 Å². The van der Waals surface area contributed by atoms with Crippen LogP contribution in [0.5, 0.6) is 5.75 Å². The normalized spacial score (nSPS) is 12.3. The lowest BCUT2D eigenvalue weighted by molar-refractivity contribution is -0.136. The first-order valence-electron chi connectivity index (χ1n) is 10.5. The van der Waals surface area contributed by atoms with Gasteiger partial charge in [0.1, 0.15) is 11.6 Å². The fraction of sp³-hybridized carbons (Fsp3) is 0.250. The third kappa shape index (κ3) is 6.46. The molecule has 0 aliphatic heterocycles. The molecule has 184 valence electrons. The van der Waals surface area contributed by atoms with Crippen LogP contribution in [0.3, 0.4) is 0 Å². The van der Waals surface area contributed by atoms with Crippen LogP contribution in [0.15, 0.2) is 54.4 Å². The average Bonchev–Trinajstić information content (AvgIpc) is 2.79. The molecule has 0 unspecified atom stereocenters. The number of anilines is 1. The van der Waals surface area contributed by atoms with E-state index >= 15 is 0 Å². The van der Waals surface area contributed by atoms with Crippen molar-refractivity contribution in [2.45, 2.75) is 32.5 Å². The Morgan fingerprint density at radius 2 is 1.86 bits per heavy atom. The third-order valence-corrected chi connectivity index (χ3v) is 4.61. The molecule has 2 aromatic carbocycles. The van der Waals surface area contributed by atoms with Gasteiger partial charge in [-0.25, -0.2) is 9.97 Å². The molecular formula is C24H25F3N6O2. The zero-order valence-electron chi connectivity index (χ0n) is 19.3. The molecule has 0 aliphatic carbocycles. The predicted molar refractivity (Wildman–Crippen MR) is 128 cm³/mol. The number of fused-ring (bicyclic) bond motifs is 1. The summed E-state index contributed by atoms with van der Waals surface area (Å²) in [6, 6.07) is 10.0. The summed E-state index contributed by atoms with van der Waals surface area (Å²) in [4.78, 5) is 20.7. The minimum absolute atomic E-state index is 0.0114. The Labute approximate surface area is 199 Å². The number of ether oxygens (including phenoxy) is 1. The number of hydrogen-bond donors (Lipinski definition) is 4. The van der Waals surface area contributed by atoms with Gasteiger partial charge in [-0.15, -0.1) is 0 Å². The molecule has 8 nitrogen and oxygen atoms in total. The van der Waals surface area contributed by atoms with E-state index in [-0.39, 0.29) is 40.8 Å². The Morgan fingerprint density at radius 1 is 1.14 bits per heavy atom. The van der Waals surface area contributed by atoms with E-state index < -0.39 is 17.3 Å². The van der Waals surface area contributed by atoms with E-state index in [9.17, 15) is 18.0 Å². The van der Waals surface area contributed by atoms with Gasteiger partial charge in [0, 0.05) is 28.9 Å². The number of para-hydroxylation sites is 1. The first-order valence-corrected chi connectivity index (χ1v) is 10.5. The van der Waals surface area contributed by atoms with Crippen LogP contribution in [-0.4, -0.2) is 34.2 Å². The Hall–Kier alpha value is -4.15. The van der Waals surface area contributed by atoms with Crippen molar-refractivity contribution in [1.29, 1.82) is 5.41 Å². The molecule has 0 radical (unpaired) electrons. The van der Waals surface area contributed by atoms with Crippen molar-refractivity contribution in [2.24, 2.45) is 5.73 Å². The largest absolute Gasteiger partial charge is 0.484 e. The number of nitrogens with zero attached hydrogens (tertiary/aromatic N) is 2. The number of carbonyl (C=O) groups is 1. The summed E-state index contributed by atoms with van der Waals surface area (Å²) in [6.45, 7) is 5.28. The van der Waals surface area contributed by atoms with Gasteiger partial charge in [0.2, 0.25) is 0 Å². The van der Waals surface area contributed by atoms with Crippen LogP contribution in [0.1, 0.15) is 26.3 Å². The van der Waals surface area contributed by atoms with E-state index in [1.54, 1.807) is 18.2 Å². The maximum Gasteiger partial charge on any atom is 0.418 e. The molecular weight excluding hydrogens is 461 g/mol. The highest BCUT2D eigenvalue weighted by Gasteiger charge is 2.34. The molecule has 0 spiro atoms. The first kappa shape index (κ1) is 25.5. The Morgan fingerprint density at radius 3 is 2.49 bits per heavy atom. The number of aromatic nitrogens is 2. The second kappa shape index (κ2) is 10.00. The number of nitrogens with two attached hydrogens (primary N) is 1. The van der Waals surface area contributed by atoms with E-state index in [2.05, 4.69) is 20.6 Å². The smallest absolute Gasteiger partial charge is 0.418 e. The maximum absolute atomic E-state index is 13.7. The van der Waals surface area contributed by atoms with Gasteiger partial charge in [-0.2, -0.15) is 13.2 Å². The lowest BCUT2D eigenvalue weighted by atomic mass is 10.1. The summed E-state index contributed by atoms with van der Waals surface area (Å²) in [5, 5.41) is 13.1. The summed E-state index contributed by atoms with van der Waals surface area (Å²) >= 11 is 0. The molecule has 11 heteroatoms. The molecule has 3 aromatic rings. The van der Waals surface area contributed by atoms with Crippen LogP contribution in [0.4, 0.5) is 19.0 Å². The summed E-state index contributed by atoms with van der Waals surface area (Å²) in [7, 11) is 0. The summed E-state index contributed by atoms with van der Waals surface area (Å²) in [6.07, 6.45) is -2.63. The van der Waals surface area contributed by atoms with Crippen molar-refractivity contribution in [2.75, 3.05) is 11.9 Å². The third-order valence-electron chi connectivity index (χ3n) is 4.61. The highest BCUT2D eigenvalue weighted by Crippen LogP contribution is 2.37. The molecule has 0 saturated carbocycles. The fourth-order valence-corrected chi connectivity index (χ4v) is 3.20. The van der Waals surface area contributed by atoms with Crippen LogP contribution < -0.4 is 21.1 Å². The molecule has 0 bridgehead atoms.